The SMILES string of the molecule is NOC1(CC(=O)O)CCCSC1. The van der Waals surface area contributed by atoms with Gasteiger partial charge in [-0.3, -0.25) is 9.63 Å². The number of nitrogens with two attached hydrogens (primary N) is 1. The molecule has 4 nitrogen and oxygen atoms in total. The van der Waals surface area contributed by atoms with Crippen molar-refractivity contribution in [1.82, 2.24) is 0 Å². The molecule has 1 heterocycles. The molecule has 0 radical (unpaired) electrons. The maximum atomic E-state index is 10.5. The van der Waals surface area contributed by atoms with Gasteiger partial charge in [0.05, 0.1) is 6.42 Å². The zero-order valence-corrected chi connectivity index (χ0v) is 7.60. The Labute approximate surface area is 75.4 Å². The summed E-state index contributed by atoms with van der Waals surface area (Å²) in [5.74, 6) is 6.03. The van der Waals surface area contributed by atoms with Crippen molar-refractivity contribution in [3.8, 4) is 0 Å². The van der Waals surface area contributed by atoms with E-state index in [0.29, 0.717) is 5.75 Å². The minimum Gasteiger partial charge on any atom is -0.481 e. The number of rotatable bonds is 3. The van der Waals surface area contributed by atoms with Crippen molar-refractivity contribution >= 4 is 17.7 Å². The van der Waals surface area contributed by atoms with Crippen LogP contribution < -0.4 is 5.90 Å². The Morgan fingerprint density at radius 3 is 2.92 bits per heavy atom. The Morgan fingerprint density at radius 2 is 2.50 bits per heavy atom. The van der Waals surface area contributed by atoms with Crippen LogP contribution in [0.25, 0.3) is 0 Å². The first-order valence-electron chi connectivity index (χ1n) is 3.86. The summed E-state index contributed by atoms with van der Waals surface area (Å²) in [6.45, 7) is 0. The molecule has 1 atom stereocenters. The van der Waals surface area contributed by atoms with Crippen molar-refractivity contribution in [1.29, 1.82) is 0 Å². The van der Waals surface area contributed by atoms with E-state index < -0.39 is 11.6 Å². The molecule has 5 heteroatoms. The summed E-state index contributed by atoms with van der Waals surface area (Å²) in [7, 11) is 0. The van der Waals surface area contributed by atoms with E-state index in [1.165, 1.54) is 0 Å². The van der Waals surface area contributed by atoms with Gasteiger partial charge in [-0.1, -0.05) is 0 Å². The van der Waals surface area contributed by atoms with Gasteiger partial charge in [0.25, 0.3) is 0 Å². The van der Waals surface area contributed by atoms with Crippen LogP contribution in [0.2, 0.25) is 0 Å². The molecule has 12 heavy (non-hydrogen) atoms. The summed E-state index contributed by atoms with van der Waals surface area (Å²) in [6.07, 6.45) is 1.74. The van der Waals surface area contributed by atoms with E-state index in [-0.39, 0.29) is 6.42 Å². The highest BCUT2D eigenvalue weighted by Gasteiger charge is 2.35. The molecule has 3 N–H and O–H groups in total. The molecule has 0 saturated carbocycles. The summed E-state index contributed by atoms with van der Waals surface area (Å²) in [5, 5.41) is 8.62. The predicted molar refractivity (Wildman–Crippen MR) is 46.8 cm³/mol. The van der Waals surface area contributed by atoms with E-state index >= 15 is 0 Å². The van der Waals surface area contributed by atoms with Crippen molar-refractivity contribution in [3.63, 3.8) is 0 Å². The number of thioether (sulfide) groups is 1. The molecule has 1 unspecified atom stereocenters. The molecule has 0 spiro atoms. The minimum absolute atomic E-state index is 0.0104. The van der Waals surface area contributed by atoms with Gasteiger partial charge in [-0.25, -0.2) is 5.90 Å². The lowest BCUT2D eigenvalue weighted by Crippen LogP contribution is -2.42. The highest BCUT2D eigenvalue weighted by molar-refractivity contribution is 7.99. The maximum Gasteiger partial charge on any atom is 0.306 e. The molecule has 0 aromatic rings. The molecule has 1 aliphatic heterocycles. The van der Waals surface area contributed by atoms with E-state index in [2.05, 4.69) is 0 Å². The molecule has 0 amide bonds. The lowest BCUT2D eigenvalue weighted by molar-refractivity contribution is -0.145. The average Bonchev–Trinajstić information content (AvgIpc) is 2.05. The quantitative estimate of drug-likeness (QED) is 0.640. The predicted octanol–water partition coefficient (Wildman–Crippen LogP) is 0.617. The zero-order chi connectivity index (χ0) is 9.03. The smallest absolute Gasteiger partial charge is 0.306 e. The monoisotopic (exact) mass is 191 g/mol. The number of aliphatic carboxylic acids is 1. The molecule has 1 aliphatic rings. The molecular weight excluding hydrogens is 178 g/mol. The zero-order valence-electron chi connectivity index (χ0n) is 6.78. The number of hydrogen-bond acceptors (Lipinski definition) is 4. The highest BCUT2D eigenvalue weighted by atomic mass is 32.2. The fraction of sp³-hybridized carbons (Fsp3) is 0.857. The summed E-state index contributed by atoms with van der Waals surface area (Å²) in [4.78, 5) is 15.3. The van der Waals surface area contributed by atoms with Crippen LogP contribution in [0.4, 0.5) is 0 Å². The van der Waals surface area contributed by atoms with Gasteiger partial charge in [-0.15, -0.1) is 0 Å². The van der Waals surface area contributed by atoms with Gasteiger partial charge in [0.1, 0.15) is 5.60 Å². The molecule has 0 aromatic heterocycles. The van der Waals surface area contributed by atoms with Crippen LogP contribution in [0, 0.1) is 0 Å². The van der Waals surface area contributed by atoms with Gasteiger partial charge in [-0.2, -0.15) is 11.8 Å². The van der Waals surface area contributed by atoms with Gasteiger partial charge in [0.2, 0.25) is 0 Å². The average molecular weight is 191 g/mol. The molecule has 0 aliphatic carbocycles. The molecule has 0 bridgehead atoms. The Morgan fingerprint density at radius 1 is 1.75 bits per heavy atom. The lowest BCUT2D eigenvalue weighted by Gasteiger charge is -2.32. The normalized spacial score (nSPS) is 30.1. The topological polar surface area (TPSA) is 72.5 Å². The second-order valence-corrected chi connectivity index (χ2v) is 4.13. The van der Waals surface area contributed by atoms with Crippen LogP contribution in [0.15, 0.2) is 0 Å². The standard InChI is InChI=1S/C7H13NO3S/c8-11-7(4-6(9)10)2-1-3-12-5-7/h1-5,8H2,(H,9,10). The molecule has 1 rings (SSSR count). The largest absolute Gasteiger partial charge is 0.481 e. The Kier molecular flexibility index (Phi) is 3.37. The summed E-state index contributed by atoms with van der Waals surface area (Å²) >= 11 is 1.70. The fourth-order valence-electron chi connectivity index (χ4n) is 1.38. The van der Waals surface area contributed by atoms with E-state index in [1.807, 2.05) is 0 Å². The van der Waals surface area contributed by atoms with E-state index in [0.717, 1.165) is 18.6 Å². The third kappa shape index (κ3) is 2.36. The molecule has 1 saturated heterocycles. The first-order valence-corrected chi connectivity index (χ1v) is 5.01. The lowest BCUT2D eigenvalue weighted by atomic mass is 9.96. The van der Waals surface area contributed by atoms with Crippen molar-refractivity contribution < 1.29 is 14.7 Å². The van der Waals surface area contributed by atoms with Crippen molar-refractivity contribution in [2.75, 3.05) is 11.5 Å². The summed E-state index contributed by atoms with van der Waals surface area (Å²) in [6, 6.07) is 0. The van der Waals surface area contributed by atoms with Gasteiger partial charge < -0.3 is 5.11 Å². The van der Waals surface area contributed by atoms with Gasteiger partial charge in [0, 0.05) is 5.75 Å². The van der Waals surface area contributed by atoms with Crippen molar-refractivity contribution in [2.24, 2.45) is 5.90 Å². The number of carbonyl (C=O) groups is 1. The van der Waals surface area contributed by atoms with Crippen molar-refractivity contribution in [3.05, 3.63) is 0 Å². The second-order valence-electron chi connectivity index (χ2n) is 3.03. The fourth-order valence-corrected chi connectivity index (χ4v) is 2.56. The molecule has 0 aromatic carbocycles. The van der Waals surface area contributed by atoms with E-state index in [1.54, 1.807) is 11.8 Å². The Hall–Kier alpha value is -0.260. The van der Waals surface area contributed by atoms with Crippen LogP contribution in [0.1, 0.15) is 19.3 Å². The molecule has 1 fully saturated rings. The highest BCUT2D eigenvalue weighted by Crippen LogP contribution is 2.31. The van der Waals surface area contributed by atoms with Crippen LogP contribution in [-0.4, -0.2) is 28.2 Å². The number of hydrogen-bond donors (Lipinski definition) is 2. The third-order valence-electron chi connectivity index (χ3n) is 2.01. The second kappa shape index (κ2) is 4.11. The summed E-state index contributed by atoms with van der Waals surface area (Å²) in [5.41, 5.74) is -0.616. The van der Waals surface area contributed by atoms with Gasteiger partial charge >= 0.3 is 5.97 Å². The van der Waals surface area contributed by atoms with Crippen LogP contribution in [-0.2, 0) is 9.63 Å². The third-order valence-corrected chi connectivity index (χ3v) is 3.32. The first kappa shape index (κ1) is 9.83. The summed E-state index contributed by atoms with van der Waals surface area (Å²) < 4.78 is 0. The van der Waals surface area contributed by atoms with E-state index in [4.69, 9.17) is 15.8 Å². The Balaban J connectivity index is 2.53. The van der Waals surface area contributed by atoms with Gasteiger partial charge in [-0.05, 0) is 18.6 Å². The first-order chi connectivity index (χ1) is 5.68. The number of carboxylic acid groups (broad SMARTS) is 1. The molecular formula is C7H13NO3S. The minimum atomic E-state index is -0.844. The van der Waals surface area contributed by atoms with Crippen LogP contribution in [0.3, 0.4) is 0 Å². The maximum absolute atomic E-state index is 10.5. The van der Waals surface area contributed by atoms with Crippen LogP contribution >= 0.6 is 11.8 Å². The molecule has 70 valence electrons. The van der Waals surface area contributed by atoms with Gasteiger partial charge in [0.15, 0.2) is 0 Å². The van der Waals surface area contributed by atoms with Crippen molar-refractivity contribution in [2.45, 2.75) is 24.9 Å². The number of carboxylic acids is 1. The van der Waals surface area contributed by atoms with E-state index in [9.17, 15) is 4.79 Å². The Bertz CT molecular complexity index is 168. The van der Waals surface area contributed by atoms with Crippen LogP contribution in [0.5, 0.6) is 0 Å².